The average molecular weight is 292 g/mol. The Morgan fingerprint density at radius 2 is 1.95 bits per heavy atom. The lowest BCUT2D eigenvalue weighted by Crippen LogP contribution is -2.27. The van der Waals surface area contributed by atoms with Gasteiger partial charge in [-0.1, -0.05) is 36.8 Å². The van der Waals surface area contributed by atoms with Crippen molar-refractivity contribution in [3.05, 3.63) is 42.0 Å². The fraction of sp³-hybridized carbons (Fsp3) is 0.412. The molecule has 2 N–H and O–H groups in total. The second-order valence-electron chi connectivity index (χ2n) is 5.35. The molecule has 2 aromatic rings. The molecular formula is C17H22ClNO. The van der Waals surface area contributed by atoms with E-state index in [0.29, 0.717) is 12.5 Å². The molecule has 1 saturated carbocycles. The highest BCUT2D eigenvalue weighted by Gasteiger charge is 2.28. The third kappa shape index (κ3) is 2.63. The number of fused-ring (bicyclic) bond motifs is 1. The van der Waals surface area contributed by atoms with E-state index in [4.69, 9.17) is 10.5 Å². The van der Waals surface area contributed by atoms with Crippen LogP contribution in [-0.2, 0) is 0 Å². The lowest BCUT2D eigenvalue weighted by Gasteiger charge is -2.33. The van der Waals surface area contributed by atoms with Crippen LogP contribution in [0.3, 0.4) is 0 Å². The molecule has 108 valence electrons. The highest BCUT2D eigenvalue weighted by atomic mass is 35.5. The lowest BCUT2D eigenvalue weighted by molar-refractivity contribution is 0.257. The standard InChI is InChI=1S/C17H21NO.ClH/c1-2-19-15-11-10-12-6-3-4-9-14(12)16(15)17(18)13-7-5-8-13;/h3-4,6,9-11,13,17H,2,5,7-8,18H2,1H3;1H/t17-;/m0./s1. The molecule has 3 heteroatoms. The number of hydrogen-bond donors (Lipinski definition) is 1. The van der Waals surface area contributed by atoms with Gasteiger partial charge in [-0.25, -0.2) is 0 Å². The largest absolute Gasteiger partial charge is 0.494 e. The second-order valence-corrected chi connectivity index (χ2v) is 5.35. The summed E-state index contributed by atoms with van der Waals surface area (Å²) in [6.45, 7) is 2.70. The molecule has 0 bridgehead atoms. The zero-order valence-corrected chi connectivity index (χ0v) is 12.7. The Morgan fingerprint density at radius 3 is 2.60 bits per heavy atom. The zero-order valence-electron chi connectivity index (χ0n) is 11.8. The van der Waals surface area contributed by atoms with Crippen LogP contribution in [0.25, 0.3) is 10.8 Å². The number of nitrogens with two attached hydrogens (primary N) is 1. The fourth-order valence-electron chi connectivity index (χ4n) is 2.94. The van der Waals surface area contributed by atoms with E-state index >= 15 is 0 Å². The molecule has 0 aliphatic heterocycles. The Kier molecular flexibility index (Phi) is 4.90. The van der Waals surface area contributed by atoms with Crippen LogP contribution in [0.1, 0.15) is 37.8 Å². The van der Waals surface area contributed by atoms with Crippen molar-refractivity contribution in [2.45, 2.75) is 32.2 Å². The fourth-order valence-corrected chi connectivity index (χ4v) is 2.94. The SMILES string of the molecule is CCOc1ccc2ccccc2c1[C@@H](N)C1CCC1.Cl. The van der Waals surface area contributed by atoms with E-state index in [1.54, 1.807) is 0 Å². The monoisotopic (exact) mass is 291 g/mol. The molecule has 0 heterocycles. The summed E-state index contributed by atoms with van der Waals surface area (Å²) in [6, 6.07) is 12.7. The minimum Gasteiger partial charge on any atom is -0.494 e. The summed E-state index contributed by atoms with van der Waals surface area (Å²) in [7, 11) is 0. The van der Waals surface area contributed by atoms with Gasteiger partial charge in [-0.3, -0.25) is 0 Å². The summed E-state index contributed by atoms with van der Waals surface area (Å²) < 4.78 is 5.80. The van der Waals surface area contributed by atoms with Crippen LogP contribution in [0.5, 0.6) is 5.75 Å². The maximum Gasteiger partial charge on any atom is 0.124 e. The molecule has 2 aromatic carbocycles. The van der Waals surface area contributed by atoms with Gasteiger partial charge in [0.15, 0.2) is 0 Å². The van der Waals surface area contributed by atoms with Crippen molar-refractivity contribution in [3.63, 3.8) is 0 Å². The van der Waals surface area contributed by atoms with Gasteiger partial charge in [0.2, 0.25) is 0 Å². The van der Waals surface area contributed by atoms with Crippen LogP contribution in [0.15, 0.2) is 36.4 Å². The average Bonchev–Trinajstić information content (AvgIpc) is 2.36. The van der Waals surface area contributed by atoms with Crippen LogP contribution < -0.4 is 10.5 Å². The summed E-state index contributed by atoms with van der Waals surface area (Å²) >= 11 is 0. The first-order valence-electron chi connectivity index (χ1n) is 7.21. The van der Waals surface area contributed by atoms with Crippen molar-refractivity contribution in [2.24, 2.45) is 11.7 Å². The minimum atomic E-state index is 0. The van der Waals surface area contributed by atoms with Gasteiger partial charge in [-0.15, -0.1) is 12.4 Å². The van der Waals surface area contributed by atoms with Gasteiger partial charge in [0.25, 0.3) is 0 Å². The van der Waals surface area contributed by atoms with Gasteiger partial charge in [0, 0.05) is 11.6 Å². The Balaban J connectivity index is 0.00000147. The van der Waals surface area contributed by atoms with E-state index in [0.717, 1.165) is 5.75 Å². The molecule has 1 fully saturated rings. The molecular weight excluding hydrogens is 270 g/mol. The van der Waals surface area contributed by atoms with Crippen molar-refractivity contribution < 1.29 is 4.74 Å². The van der Waals surface area contributed by atoms with Gasteiger partial charge in [0.1, 0.15) is 5.75 Å². The summed E-state index contributed by atoms with van der Waals surface area (Å²) in [6.07, 6.45) is 3.80. The van der Waals surface area contributed by atoms with Crippen LogP contribution in [-0.4, -0.2) is 6.61 Å². The molecule has 0 radical (unpaired) electrons. The van der Waals surface area contributed by atoms with Gasteiger partial charge in [-0.2, -0.15) is 0 Å². The molecule has 0 spiro atoms. The molecule has 0 saturated heterocycles. The predicted octanol–water partition coefficient (Wildman–Crippen LogP) is 4.46. The van der Waals surface area contributed by atoms with Crippen LogP contribution in [0.4, 0.5) is 0 Å². The van der Waals surface area contributed by atoms with E-state index in [1.807, 2.05) is 6.92 Å². The van der Waals surface area contributed by atoms with E-state index < -0.39 is 0 Å². The molecule has 1 atom stereocenters. The van der Waals surface area contributed by atoms with Crippen LogP contribution in [0.2, 0.25) is 0 Å². The van der Waals surface area contributed by atoms with Crippen LogP contribution >= 0.6 is 12.4 Å². The van der Waals surface area contributed by atoms with E-state index in [9.17, 15) is 0 Å². The van der Waals surface area contributed by atoms with E-state index in [1.165, 1.54) is 35.6 Å². The third-order valence-electron chi connectivity index (χ3n) is 4.22. The molecule has 3 rings (SSSR count). The van der Waals surface area contributed by atoms with Crippen molar-refractivity contribution in [3.8, 4) is 5.75 Å². The molecule has 1 aliphatic carbocycles. The van der Waals surface area contributed by atoms with Crippen molar-refractivity contribution in [1.29, 1.82) is 0 Å². The van der Waals surface area contributed by atoms with E-state index in [2.05, 4.69) is 36.4 Å². The summed E-state index contributed by atoms with van der Waals surface area (Å²) in [5.74, 6) is 1.57. The Morgan fingerprint density at radius 1 is 1.20 bits per heavy atom. The molecule has 1 aliphatic rings. The highest BCUT2D eigenvalue weighted by Crippen LogP contribution is 2.42. The minimum absolute atomic E-state index is 0. The first kappa shape index (κ1) is 15.1. The quantitative estimate of drug-likeness (QED) is 0.902. The molecule has 0 aromatic heterocycles. The number of benzene rings is 2. The first-order valence-corrected chi connectivity index (χ1v) is 7.21. The predicted molar refractivity (Wildman–Crippen MR) is 86.6 cm³/mol. The van der Waals surface area contributed by atoms with Gasteiger partial charge in [0.05, 0.1) is 6.61 Å². The topological polar surface area (TPSA) is 35.2 Å². The maximum atomic E-state index is 6.52. The second kappa shape index (κ2) is 6.47. The lowest BCUT2D eigenvalue weighted by atomic mass is 9.76. The summed E-state index contributed by atoms with van der Waals surface area (Å²) in [5.41, 5.74) is 7.72. The first-order chi connectivity index (χ1) is 9.31. The van der Waals surface area contributed by atoms with Crippen LogP contribution in [0, 0.1) is 5.92 Å². The number of ether oxygens (including phenoxy) is 1. The van der Waals surface area contributed by atoms with Crippen molar-refractivity contribution in [2.75, 3.05) is 6.61 Å². The van der Waals surface area contributed by atoms with Crippen molar-refractivity contribution in [1.82, 2.24) is 0 Å². The number of halogens is 1. The Labute approximate surface area is 126 Å². The normalized spacial score (nSPS) is 16.3. The molecule has 0 amide bonds. The number of hydrogen-bond acceptors (Lipinski definition) is 2. The van der Waals surface area contributed by atoms with E-state index in [-0.39, 0.29) is 18.4 Å². The Hall–Kier alpha value is -1.25. The van der Waals surface area contributed by atoms with Crippen molar-refractivity contribution >= 4 is 23.2 Å². The van der Waals surface area contributed by atoms with Gasteiger partial charge < -0.3 is 10.5 Å². The highest BCUT2D eigenvalue weighted by molar-refractivity contribution is 5.88. The third-order valence-corrected chi connectivity index (χ3v) is 4.22. The zero-order chi connectivity index (χ0) is 13.2. The van der Waals surface area contributed by atoms with Gasteiger partial charge in [-0.05, 0) is 42.5 Å². The molecule has 20 heavy (non-hydrogen) atoms. The Bertz CT molecular complexity index is 580. The summed E-state index contributed by atoms with van der Waals surface area (Å²) in [5, 5.41) is 2.49. The smallest absolute Gasteiger partial charge is 0.124 e. The van der Waals surface area contributed by atoms with Gasteiger partial charge >= 0.3 is 0 Å². The number of rotatable bonds is 4. The molecule has 2 nitrogen and oxygen atoms in total. The molecule has 0 unspecified atom stereocenters. The maximum absolute atomic E-state index is 6.52. The summed E-state index contributed by atoms with van der Waals surface area (Å²) in [4.78, 5) is 0.